The van der Waals surface area contributed by atoms with Crippen molar-refractivity contribution >= 4 is 6.09 Å². The second kappa shape index (κ2) is 11.3. The highest BCUT2D eigenvalue weighted by atomic mass is 16.6. The molecule has 0 unspecified atom stereocenters. The number of benzene rings is 2. The maximum Gasteiger partial charge on any atom is 0.408 e. The number of amides is 1. The minimum Gasteiger partial charge on any atom is -0.444 e. The van der Waals surface area contributed by atoms with Crippen molar-refractivity contribution in [2.24, 2.45) is 5.73 Å². The summed E-state index contributed by atoms with van der Waals surface area (Å²) in [5, 5.41) is 30.2. The second-order valence-electron chi connectivity index (χ2n) is 8.87. The van der Waals surface area contributed by atoms with Crippen molar-refractivity contribution in [3.63, 3.8) is 0 Å². The molecule has 184 valence electrons. The van der Waals surface area contributed by atoms with Crippen LogP contribution in [-0.2, 0) is 4.74 Å². The van der Waals surface area contributed by atoms with Gasteiger partial charge in [-0.15, -0.1) is 20.4 Å². The van der Waals surface area contributed by atoms with E-state index in [0.29, 0.717) is 11.6 Å². The fraction of sp³-hybridized carbons (Fsp3) is 0.348. The summed E-state index contributed by atoms with van der Waals surface area (Å²) in [6.45, 7) is 9.33. The number of nitrogens with zero attached hydrogens (tertiary/aromatic N) is 6. The quantitative estimate of drug-likeness (QED) is 0.335. The zero-order valence-corrected chi connectivity index (χ0v) is 20.4. The number of tetrazole rings is 2. The zero-order chi connectivity index (χ0) is 25.4. The van der Waals surface area contributed by atoms with Gasteiger partial charge in [0.1, 0.15) is 5.60 Å². The molecule has 0 fully saturated rings. The maximum atomic E-state index is 11.7. The lowest BCUT2D eigenvalue weighted by molar-refractivity contribution is 0.0508. The molecule has 0 bridgehead atoms. The average molecular weight is 479 g/mol. The SMILES string of the molecule is C[C@H](N)c1ccc(-c2nn[nH]n2)cc1.C[C@H](NC(=O)OC(C)(C)C)c1ccc(-c2nn[nH]n2)cc1. The Morgan fingerprint density at radius 1 is 0.857 bits per heavy atom. The predicted molar refractivity (Wildman–Crippen MR) is 130 cm³/mol. The molecule has 0 radical (unpaired) electrons. The summed E-state index contributed by atoms with van der Waals surface area (Å²) in [6.07, 6.45) is -0.433. The van der Waals surface area contributed by atoms with Crippen molar-refractivity contribution < 1.29 is 9.53 Å². The normalized spacial score (nSPS) is 12.7. The van der Waals surface area contributed by atoms with Crippen LogP contribution in [0.2, 0.25) is 0 Å². The van der Waals surface area contributed by atoms with Gasteiger partial charge in [0.25, 0.3) is 0 Å². The maximum absolute atomic E-state index is 11.7. The van der Waals surface area contributed by atoms with Gasteiger partial charge >= 0.3 is 6.09 Å². The number of H-pyrrole nitrogens is 2. The van der Waals surface area contributed by atoms with Crippen molar-refractivity contribution in [2.75, 3.05) is 0 Å². The van der Waals surface area contributed by atoms with Crippen LogP contribution in [-0.4, -0.2) is 52.9 Å². The van der Waals surface area contributed by atoms with E-state index in [4.69, 9.17) is 10.5 Å². The van der Waals surface area contributed by atoms with Crippen LogP contribution < -0.4 is 11.1 Å². The first-order valence-electron chi connectivity index (χ1n) is 11.0. The molecule has 4 rings (SSSR count). The van der Waals surface area contributed by atoms with Gasteiger partial charge in [-0.1, -0.05) is 48.5 Å². The third-order valence-corrected chi connectivity index (χ3v) is 4.79. The topological polar surface area (TPSA) is 173 Å². The Labute approximate surface area is 203 Å². The second-order valence-corrected chi connectivity index (χ2v) is 8.87. The Balaban J connectivity index is 0.000000211. The van der Waals surface area contributed by atoms with Crippen molar-refractivity contribution in [2.45, 2.75) is 52.3 Å². The predicted octanol–water partition coefficient (Wildman–Crippen LogP) is 3.34. The van der Waals surface area contributed by atoms with Crippen LogP contribution in [0.15, 0.2) is 48.5 Å². The van der Waals surface area contributed by atoms with Crippen LogP contribution in [0.25, 0.3) is 22.8 Å². The molecule has 12 heteroatoms. The zero-order valence-electron chi connectivity index (χ0n) is 20.4. The first-order valence-corrected chi connectivity index (χ1v) is 11.0. The molecular formula is C23H30N10O2. The lowest BCUT2D eigenvalue weighted by Gasteiger charge is -2.22. The van der Waals surface area contributed by atoms with Gasteiger partial charge in [0.05, 0.1) is 6.04 Å². The molecule has 2 aromatic carbocycles. The standard InChI is InChI=1S/C14H19N5O2.C9H11N5/c1-9(15-13(20)21-14(2,3)4)10-5-7-11(8-6-10)12-16-18-19-17-12;1-6(10)7-2-4-8(5-3-7)9-11-13-14-12-9/h5-9H,1-4H3,(H,15,20)(H,16,17,18,19);2-6H,10H2,1H3,(H,11,12,13,14)/t9-;6-/m00/s1. The number of nitrogens with two attached hydrogens (primary N) is 1. The average Bonchev–Trinajstić information content (AvgIpc) is 3.53. The van der Waals surface area contributed by atoms with E-state index in [1.165, 1.54) is 0 Å². The highest BCUT2D eigenvalue weighted by Gasteiger charge is 2.18. The monoisotopic (exact) mass is 478 g/mol. The van der Waals surface area contributed by atoms with Crippen molar-refractivity contribution in [3.05, 3.63) is 59.7 Å². The number of ether oxygens (including phenoxy) is 1. The molecule has 0 aliphatic carbocycles. The van der Waals surface area contributed by atoms with Gasteiger partial charge in [0.2, 0.25) is 11.6 Å². The van der Waals surface area contributed by atoms with E-state index in [-0.39, 0.29) is 12.1 Å². The van der Waals surface area contributed by atoms with Crippen LogP contribution in [0, 0.1) is 0 Å². The molecular weight excluding hydrogens is 448 g/mol. The van der Waals surface area contributed by atoms with Gasteiger partial charge in [0.15, 0.2) is 0 Å². The van der Waals surface area contributed by atoms with Crippen molar-refractivity contribution in [1.29, 1.82) is 0 Å². The van der Waals surface area contributed by atoms with Crippen LogP contribution in [0.5, 0.6) is 0 Å². The number of rotatable bonds is 5. The molecule has 12 nitrogen and oxygen atoms in total. The highest BCUT2D eigenvalue weighted by molar-refractivity contribution is 5.68. The number of hydrogen-bond donors (Lipinski definition) is 4. The molecule has 0 spiro atoms. The Morgan fingerprint density at radius 3 is 1.69 bits per heavy atom. The van der Waals surface area contributed by atoms with Crippen molar-refractivity contribution in [3.8, 4) is 22.8 Å². The van der Waals surface area contributed by atoms with Crippen molar-refractivity contribution in [1.82, 2.24) is 46.6 Å². The smallest absolute Gasteiger partial charge is 0.408 e. The van der Waals surface area contributed by atoms with E-state index < -0.39 is 11.7 Å². The fourth-order valence-electron chi connectivity index (χ4n) is 2.99. The molecule has 4 aromatic rings. The van der Waals surface area contributed by atoms with E-state index >= 15 is 0 Å². The Hall–Kier alpha value is -4.19. The third-order valence-electron chi connectivity index (χ3n) is 4.79. The van der Waals surface area contributed by atoms with E-state index in [2.05, 4.69) is 46.6 Å². The molecule has 35 heavy (non-hydrogen) atoms. The largest absolute Gasteiger partial charge is 0.444 e. The number of aromatic amines is 2. The third kappa shape index (κ3) is 7.67. The minimum atomic E-state index is -0.508. The Morgan fingerprint density at radius 2 is 1.31 bits per heavy atom. The summed E-state index contributed by atoms with van der Waals surface area (Å²) >= 11 is 0. The highest BCUT2D eigenvalue weighted by Crippen LogP contribution is 2.19. The summed E-state index contributed by atoms with van der Waals surface area (Å²) in [4.78, 5) is 11.7. The summed E-state index contributed by atoms with van der Waals surface area (Å²) in [5.74, 6) is 1.13. The lowest BCUT2D eigenvalue weighted by Crippen LogP contribution is -2.34. The molecule has 0 aliphatic rings. The first-order chi connectivity index (χ1) is 16.6. The molecule has 2 atom stereocenters. The van der Waals surface area contributed by atoms with E-state index in [1.54, 1.807) is 0 Å². The molecule has 2 aromatic heterocycles. The van der Waals surface area contributed by atoms with Crippen LogP contribution in [0.1, 0.15) is 57.8 Å². The fourth-order valence-corrected chi connectivity index (χ4v) is 2.99. The van der Waals surface area contributed by atoms with Crippen LogP contribution >= 0.6 is 0 Å². The van der Waals surface area contributed by atoms with Gasteiger partial charge in [0, 0.05) is 17.2 Å². The summed E-state index contributed by atoms with van der Waals surface area (Å²) in [7, 11) is 0. The molecule has 0 aliphatic heterocycles. The minimum absolute atomic E-state index is 0.0503. The number of nitrogens with one attached hydrogen (secondary N) is 3. The number of carbonyl (C=O) groups excluding carboxylic acids is 1. The lowest BCUT2D eigenvalue weighted by atomic mass is 10.1. The molecule has 2 heterocycles. The molecule has 0 saturated heterocycles. The van der Waals surface area contributed by atoms with Gasteiger partial charge < -0.3 is 15.8 Å². The van der Waals surface area contributed by atoms with Gasteiger partial charge in [-0.2, -0.15) is 10.4 Å². The number of carbonyl (C=O) groups is 1. The summed E-state index contributed by atoms with van der Waals surface area (Å²) in [5.41, 5.74) is 9.08. The van der Waals surface area contributed by atoms with Gasteiger partial charge in [-0.05, 0) is 56.2 Å². The van der Waals surface area contributed by atoms with Crippen LogP contribution in [0.4, 0.5) is 4.79 Å². The van der Waals surface area contributed by atoms with Gasteiger partial charge in [-0.3, -0.25) is 0 Å². The number of hydrogen-bond acceptors (Lipinski definition) is 9. The number of aromatic nitrogens is 8. The van der Waals surface area contributed by atoms with E-state index in [9.17, 15) is 4.79 Å². The Kier molecular flexibility index (Phi) is 8.21. The van der Waals surface area contributed by atoms with Crippen LogP contribution in [0.3, 0.4) is 0 Å². The first kappa shape index (κ1) is 25.4. The van der Waals surface area contributed by atoms with E-state index in [1.807, 2.05) is 83.1 Å². The molecule has 5 N–H and O–H groups in total. The molecule has 0 saturated carbocycles. The molecule has 1 amide bonds. The van der Waals surface area contributed by atoms with E-state index in [0.717, 1.165) is 22.3 Å². The summed E-state index contributed by atoms with van der Waals surface area (Å²) < 4.78 is 5.23. The Bertz CT molecular complexity index is 1170. The number of alkyl carbamates (subject to hydrolysis) is 1. The van der Waals surface area contributed by atoms with Gasteiger partial charge in [-0.25, -0.2) is 4.79 Å². The summed E-state index contributed by atoms with van der Waals surface area (Å²) in [6, 6.07) is 15.3.